The van der Waals surface area contributed by atoms with E-state index in [2.05, 4.69) is 4.99 Å². The maximum Gasteiger partial charge on any atom is 0.363 e. The lowest BCUT2D eigenvalue weighted by molar-refractivity contribution is -0.130. The summed E-state index contributed by atoms with van der Waals surface area (Å²) < 4.78 is 16.0. The fourth-order valence-electron chi connectivity index (χ4n) is 3.01. The molecule has 0 radical (unpaired) electrons. The van der Waals surface area contributed by atoms with Crippen LogP contribution in [0.1, 0.15) is 16.7 Å². The van der Waals surface area contributed by atoms with Crippen LogP contribution < -0.4 is 9.47 Å². The number of aliphatic imine (C=N–C) groups is 1. The molecule has 0 spiro atoms. The summed E-state index contributed by atoms with van der Waals surface area (Å²) in [6.45, 7) is 0. The predicted octanol–water partition coefficient (Wildman–Crippen LogP) is 5.31. The zero-order valence-corrected chi connectivity index (χ0v) is 18.3. The third kappa shape index (κ3) is 5.56. The second-order valence-corrected chi connectivity index (χ2v) is 7.35. The second-order valence-electron chi connectivity index (χ2n) is 6.91. The van der Waals surface area contributed by atoms with Gasteiger partial charge in [-0.15, -0.1) is 0 Å². The minimum absolute atomic E-state index is 0.0908. The van der Waals surface area contributed by atoms with Crippen LogP contribution in [0.2, 0.25) is 5.02 Å². The molecule has 0 unspecified atom stereocenters. The highest BCUT2D eigenvalue weighted by molar-refractivity contribution is 6.30. The molecule has 0 N–H and O–H groups in total. The van der Waals surface area contributed by atoms with Crippen LogP contribution in [0.5, 0.6) is 11.5 Å². The number of hydrogen-bond donors (Lipinski definition) is 0. The molecule has 6 nitrogen and oxygen atoms in total. The Morgan fingerprint density at radius 3 is 2.61 bits per heavy atom. The van der Waals surface area contributed by atoms with Crippen molar-refractivity contribution in [3.63, 3.8) is 0 Å². The molecule has 7 heteroatoms. The zero-order valence-electron chi connectivity index (χ0n) is 17.5. The Kier molecular flexibility index (Phi) is 6.66. The van der Waals surface area contributed by atoms with Crippen LogP contribution in [0.15, 0.2) is 89.6 Å². The van der Waals surface area contributed by atoms with Gasteiger partial charge in [0.05, 0.1) is 7.11 Å². The molecule has 0 saturated carbocycles. The molecule has 4 rings (SSSR count). The van der Waals surface area contributed by atoms with Crippen molar-refractivity contribution in [2.75, 3.05) is 7.11 Å². The van der Waals surface area contributed by atoms with Gasteiger partial charge in [0.2, 0.25) is 5.90 Å². The largest absolute Gasteiger partial charge is 0.497 e. The fraction of sp³-hybridized carbons (Fsp3) is 0.0385. The number of cyclic esters (lactones) is 1. The second kappa shape index (κ2) is 9.97. The molecular weight excluding hydrogens is 442 g/mol. The maximum absolute atomic E-state index is 12.4. The Morgan fingerprint density at radius 2 is 1.82 bits per heavy atom. The molecule has 164 valence electrons. The van der Waals surface area contributed by atoms with Gasteiger partial charge >= 0.3 is 11.9 Å². The van der Waals surface area contributed by atoms with Crippen LogP contribution >= 0.6 is 11.6 Å². The number of esters is 2. The normalized spacial score (nSPS) is 14.3. The quantitative estimate of drug-likeness (QED) is 0.283. The first kappa shape index (κ1) is 22.0. The number of hydrogen-bond acceptors (Lipinski definition) is 6. The van der Waals surface area contributed by atoms with Crippen molar-refractivity contribution in [2.45, 2.75) is 0 Å². The smallest absolute Gasteiger partial charge is 0.363 e. The molecule has 0 aliphatic carbocycles. The first-order chi connectivity index (χ1) is 16.0. The minimum atomic E-state index is -0.600. The van der Waals surface area contributed by atoms with Crippen LogP contribution in [0.3, 0.4) is 0 Å². The van der Waals surface area contributed by atoms with Crippen molar-refractivity contribution in [3.05, 3.63) is 106 Å². The molecule has 1 aliphatic heterocycles. The summed E-state index contributed by atoms with van der Waals surface area (Å²) >= 11 is 5.87. The summed E-state index contributed by atoms with van der Waals surface area (Å²) in [5.74, 6) is -0.0892. The zero-order chi connectivity index (χ0) is 23.2. The van der Waals surface area contributed by atoms with E-state index in [1.54, 1.807) is 86.0 Å². The molecule has 0 bridgehead atoms. The molecule has 33 heavy (non-hydrogen) atoms. The predicted molar refractivity (Wildman–Crippen MR) is 126 cm³/mol. The number of para-hydroxylation sites is 1. The summed E-state index contributed by atoms with van der Waals surface area (Å²) in [4.78, 5) is 29.0. The summed E-state index contributed by atoms with van der Waals surface area (Å²) in [5.41, 5.74) is 2.01. The van der Waals surface area contributed by atoms with Crippen molar-refractivity contribution < 1.29 is 23.8 Å². The number of rotatable bonds is 6. The van der Waals surface area contributed by atoms with Crippen molar-refractivity contribution >= 4 is 41.6 Å². The van der Waals surface area contributed by atoms with Gasteiger partial charge < -0.3 is 14.2 Å². The number of ether oxygens (including phenoxy) is 3. The van der Waals surface area contributed by atoms with Gasteiger partial charge in [0, 0.05) is 22.2 Å². The number of carbonyl (C=O) groups excluding carboxylic acids is 2. The van der Waals surface area contributed by atoms with E-state index < -0.39 is 11.9 Å². The van der Waals surface area contributed by atoms with E-state index in [-0.39, 0.29) is 17.3 Å². The van der Waals surface area contributed by atoms with Crippen molar-refractivity contribution in [2.24, 2.45) is 4.99 Å². The lowest BCUT2D eigenvalue weighted by atomic mass is 10.1. The van der Waals surface area contributed by atoms with Gasteiger partial charge in [0.15, 0.2) is 5.70 Å². The SMILES string of the molecule is COc1cccc(C2=N/C(=C\c3ccccc3OC(=O)/C=C/c3ccc(Cl)cc3)C(=O)O2)c1. The molecule has 0 saturated heterocycles. The number of benzene rings is 3. The molecule has 0 amide bonds. The van der Waals surface area contributed by atoms with Gasteiger partial charge in [-0.3, -0.25) is 0 Å². The summed E-state index contributed by atoms with van der Waals surface area (Å²) in [6, 6.07) is 20.9. The number of methoxy groups -OCH3 is 1. The molecule has 3 aromatic carbocycles. The van der Waals surface area contributed by atoms with E-state index in [0.29, 0.717) is 21.9 Å². The Hall–Kier alpha value is -4.16. The number of carbonyl (C=O) groups is 2. The molecule has 1 aliphatic rings. The average molecular weight is 460 g/mol. The number of halogens is 1. The van der Waals surface area contributed by atoms with Crippen LogP contribution in [0.25, 0.3) is 12.2 Å². The summed E-state index contributed by atoms with van der Waals surface area (Å²) in [7, 11) is 1.55. The van der Waals surface area contributed by atoms with E-state index in [1.165, 1.54) is 12.2 Å². The molecule has 1 heterocycles. The first-order valence-electron chi connectivity index (χ1n) is 9.93. The van der Waals surface area contributed by atoms with Crippen molar-refractivity contribution in [1.82, 2.24) is 0 Å². The summed E-state index contributed by atoms with van der Waals surface area (Å²) in [5, 5.41) is 0.611. The molecule has 0 aromatic heterocycles. The van der Waals surface area contributed by atoms with E-state index in [9.17, 15) is 9.59 Å². The molecule has 0 atom stereocenters. The minimum Gasteiger partial charge on any atom is -0.497 e. The van der Waals surface area contributed by atoms with Gasteiger partial charge in [-0.05, 0) is 54.1 Å². The van der Waals surface area contributed by atoms with Gasteiger partial charge in [-0.25, -0.2) is 14.6 Å². The lowest BCUT2D eigenvalue weighted by Gasteiger charge is -2.05. The van der Waals surface area contributed by atoms with Gasteiger partial charge in [0.25, 0.3) is 0 Å². The fourth-order valence-corrected chi connectivity index (χ4v) is 3.14. The van der Waals surface area contributed by atoms with Crippen LogP contribution in [-0.2, 0) is 14.3 Å². The van der Waals surface area contributed by atoms with Crippen molar-refractivity contribution in [1.29, 1.82) is 0 Å². The standard InChI is InChI=1S/C26H18ClNO5/c1-31-21-7-4-6-19(15-21)25-28-22(26(30)33-25)16-18-5-2-3-8-23(18)32-24(29)14-11-17-9-12-20(27)13-10-17/h2-16H,1H3/b14-11+,22-16-. The van der Waals surface area contributed by atoms with Gasteiger partial charge in [-0.1, -0.05) is 48.0 Å². The Bertz CT molecular complexity index is 1290. The highest BCUT2D eigenvalue weighted by Crippen LogP contribution is 2.26. The Labute approximate surface area is 195 Å². The van der Waals surface area contributed by atoms with E-state index >= 15 is 0 Å². The Morgan fingerprint density at radius 1 is 1.03 bits per heavy atom. The highest BCUT2D eigenvalue weighted by Gasteiger charge is 2.25. The topological polar surface area (TPSA) is 74.2 Å². The third-order valence-electron chi connectivity index (χ3n) is 4.64. The monoisotopic (exact) mass is 459 g/mol. The third-order valence-corrected chi connectivity index (χ3v) is 4.89. The molecule has 3 aromatic rings. The Balaban J connectivity index is 1.54. The van der Waals surface area contributed by atoms with E-state index in [1.807, 2.05) is 0 Å². The van der Waals surface area contributed by atoms with E-state index in [0.717, 1.165) is 5.56 Å². The number of nitrogens with zero attached hydrogens (tertiary/aromatic N) is 1. The van der Waals surface area contributed by atoms with Gasteiger partial charge in [0.1, 0.15) is 11.5 Å². The van der Waals surface area contributed by atoms with Crippen LogP contribution in [-0.4, -0.2) is 24.9 Å². The molecule has 0 fully saturated rings. The van der Waals surface area contributed by atoms with E-state index in [4.69, 9.17) is 25.8 Å². The average Bonchev–Trinajstić information content (AvgIpc) is 3.20. The van der Waals surface area contributed by atoms with Crippen LogP contribution in [0, 0.1) is 0 Å². The van der Waals surface area contributed by atoms with Crippen LogP contribution in [0.4, 0.5) is 0 Å². The highest BCUT2D eigenvalue weighted by atomic mass is 35.5. The summed E-state index contributed by atoms with van der Waals surface area (Å²) in [6.07, 6.45) is 4.45. The maximum atomic E-state index is 12.4. The van der Waals surface area contributed by atoms with Gasteiger partial charge in [-0.2, -0.15) is 0 Å². The van der Waals surface area contributed by atoms with Crippen molar-refractivity contribution in [3.8, 4) is 11.5 Å². The first-order valence-corrected chi connectivity index (χ1v) is 10.3. The lowest BCUT2D eigenvalue weighted by Crippen LogP contribution is -2.06. The molecular formula is C26H18ClNO5.